The molecule has 0 radical (unpaired) electrons. The van der Waals surface area contributed by atoms with Crippen molar-refractivity contribution >= 4 is 11.3 Å². The summed E-state index contributed by atoms with van der Waals surface area (Å²) in [5.74, 6) is 0.323. The van der Waals surface area contributed by atoms with Crippen LogP contribution in [0, 0.1) is 6.92 Å². The summed E-state index contributed by atoms with van der Waals surface area (Å²) >= 11 is 1.79. The smallest absolute Gasteiger partial charge is 0.0753 e. The third-order valence-corrected chi connectivity index (χ3v) is 3.44. The lowest BCUT2D eigenvalue weighted by Crippen LogP contribution is -2.15. The number of hydrogen-bond acceptors (Lipinski definition) is 3. The van der Waals surface area contributed by atoms with E-state index in [1.165, 1.54) is 9.75 Å². The molecule has 2 heterocycles. The van der Waals surface area contributed by atoms with Gasteiger partial charge in [0.25, 0.3) is 0 Å². The highest BCUT2D eigenvalue weighted by atomic mass is 32.1. The summed E-state index contributed by atoms with van der Waals surface area (Å²) in [5, 5.41) is 12.8. The van der Waals surface area contributed by atoms with E-state index in [-0.39, 0.29) is 6.10 Å². The molecule has 0 saturated carbocycles. The Labute approximate surface area is 76.2 Å². The highest BCUT2D eigenvalue weighted by molar-refractivity contribution is 7.12. The maximum absolute atomic E-state index is 9.60. The van der Waals surface area contributed by atoms with Gasteiger partial charge in [0.2, 0.25) is 0 Å². The van der Waals surface area contributed by atoms with E-state index in [1.807, 2.05) is 0 Å². The second-order valence-electron chi connectivity index (χ2n) is 3.28. The van der Waals surface area contributed by atoms with Crippen LogP contribution in [0.1, 0.15) is 15.7 Å². The molecule has 1 aromatic heterocycles. The van der Waals surface area contributed by atoms with Crippen LogP contribution in [-0.2, 0) is 0 Å². The van der Waals surface area contributed by atoms with Crippen LogP contribution in [0.2, 0.25) is 0 Å². The van der Waals surface area contributed by atoms with Gasteiger partial charge in [-0.1, -0.05) is 0 Å². The van der Waals surface area contributed by atoms with Gasteiger partial charge in [-0.15, -0.1) is 11.3 Å². The molecular formula is C9H13NOS. The molecule has 2 unspecified atom stereocenters. The molecule has 1 aromatic rings. The molecule has 3 heteroatoms. The first-order valence-electron chi connectivity index (χ1n) is 4.22. The van der Waals surface area contributed by atoms with Crippen molar-refractivity contribution in [3.05, 3.63) is 21.9 Å². The molecule has 0 bridgehead atoms. The average Bonchev–Trinajstić information content (AvgIpc) is 2.58. The maximum atomic E-state index is 9.60. The van der Waals surface area contributed by atoms with Crippen LogP contribution in [0.15, 0.2) is 12.1 Å². The van der Waals surface area contributed by atoms with Crippen molar-refractivity contribution in [3.63, 3.8) is 0 Å². The van der Waals surface area contributed by atoms with E-state index in [2.05, 4.69) is 24.4 Å². The zero-order valence-corrected chi connectivity index (χ0v) is 7.90. The lowest BCUT2D eigenvalue weighted by molar-refractivity contribution is 0.179. The standard InChI is InChI=1S/C9H13NOS/c1-6-2-3-9(12-6)7-4-10-5-8(7)11/h2-3,7-8,10-11H,4-5H2,1H3. The fourth-order valence-corrected chi connectivity index (χ4v) is 2.64. The van der Waals surface area contributed by atoms with Crippen molar-refractivity contribution in [2.24, 2.45) is 0 Å². The molecule has 2 nitrogen and oxygen atoms in total. The lowest BCUT2D eigenvalue weighted by Gasteiger charge is -2.09. The summed E-state index contributed by atoms with van der Waals surface area (Å²) in [5.41, 5.74) is 0. The van der Waals surface area contributed by atoms with Crippen LogP contribution in [0.25, 0.3) is 0 Å². The molecule has 12 heavy (non-hydrogen) atoms. The second kappa shape index (κ2) is 3.17. The Hall–Kier alpha value is -0.380. The van der Waals surface area contributed by atoms with Crippen LogP contribution in [-0.4, -0.2) is 24.3 Å². The topological polar surface area (TPSA) is 32.3 Å². The Kier molecular flexibility index (Phi) is 2.17. The number of hydrogen-bond donors (Lipinski definition) is 2. The van der Waals surface area contributed by atoms with Crippen molar-refractivity contribution in [3.8, 4) is 0 Å². The third-order valence-electron chi connectivity index (χ3n) is 2.31. The minimum atomic E-state index is -0.192. The van der Waals surface area contributed by atoms with Gasteiger partial charge in [0.1, 0.15) is 0 Å². The van der Waals surface area contributed by atoms with Crippen molar-refractivity contribution < 1.29 is 5.11 Å². The second-order valence-corrected chi connectivity index (χ2v) is 4.60. The number of aryl methyl sites for hydroxylation is 1. The number of aliphatic hydroxyl groups is 1. The zero-order chi connectivity index (χ0) is 8.55. The van der Waals surface area contributed by atoms with Crippen molar-refractivity contribution in [2.45, 2.75) is 18.9 Å². The number of nitrogens with one attached hydrogen (secondary N) is 1. The molecule has 1 aliphatic rings. The van der Waals surface area contributed by atoms with Gasteiger partial charge in [0.05, 0.1) is 6.10 Å². The maximum Gasteiger partial charge on any atom is 0.0753 e. The highest BCUT2D eigenvalue weighted by Gasteiger charge is 2.27. The Morgan fingerprint density at radius 2 is 2.33 bits per heavy atom. The number of rotatable bonds is 1. The van der Waals surface area contributed by atoms with E-state index in [1.54, 1.807) is 11.3 Å². The Bertz CT molecular complexity index is 271. The molecule has 2 N–H and O–H groups in total. The molecule has 1 saturated heterocycles. The van der Waals surface area contributed by atoms with Gasteiger partial charge in [0, 0.05) is 28.8 Å². The number of aliphatic hydroxyl groups excluding tert-OH is 1. The fraction of sp³-hybridized carbons (Fsp3) is 0.556. The number of β-amino-alcohol motifs (C(OH)–C–C–N with tert-alkyl or cyclic N) is 1. The lowest BCUT2D eigenvalue weighted by atomic mass is 10.1. The summed E-state index contributed by atoms with van der Waals surface area (Å²) in [4.78, 5) is 2.63. The van der Waals surface area contributed by atoms with E-state index >= 15 is 0 Å². The molecule has 0 aliphatic carbocycles. The average molecular weight is 183 g/mol. The summed E-state index contributed by atoms with van der Waals surface area (Å²) < 4.78 is 0. The van der Waals surface area contributed by atoms with Gasteiger partial charge in [-0.2, -0.15) is 0 Å². The quantitative estimate of drug-likeness (QED) is 0.683. The van der Waals surface area contributed by atoms with E-state index < -0.39 is 0 Å². The van der Waals surface area contributed by atoms with Crippen molar-refractivity contribution in [2.75, 3.05) is 13.1 Å². The molecular weight excluding hydrogens is 170 g/mol. The molecule has 0 spiro atoms. The van der Waals surface area contributed by atoms with Gasteiger partial charge in [-0.3, -0.25) is 0 Å². The Morgan fingerprint density at radius 3 is 2.83 bits per heavy atom. The summed E-state index contributed by atoms with van der Waals surface area (Å²) in [7, 11) is 0. The predicted molar refractivity (Wildman–Crippen MR) is 50.7 cm³/mol. The third kappa shape index (κ3) is 1.40. The molecule has 0 amide bonds. The van der Waals surface area contributed by atoms with Crippen LogP contribution in [0.5, 0.6) is 0 Å². The first-order chi connectivity index (χ1) is 5.77. The van der Waals surface area contributed by atoms with E-state index in [0.717, 1.165) is 13.1 Å². The van der Waals surface area contributed by atoms with Gasteiger partial charge >= 0.3 is 0 Å². The normalized spacial score (nSPS) is 29.5. The van der Waals surface area contributed by atoms with E-state index in [4.69, 9.17) is 0 Å². The van der Waals surface area contributed by atoms with Crippen LogP contribution in [0.4, 0.5) is 0 Å². The first-order valence-corrected chi connectivity index (χ1v) is 5.04. The van der Waals surface area contributed by atoms with Gasteiger partial charge < -0.3 is 10.4 Å². The van der Waals surface area contributed by atoms with E-state index in [9.17, 15) is 5.11 Å². The predicted octanol–water partition coefficient (Wildman–Crippen LogP) is 1.10. The minimum Gasteiger partial charge on any atom is -0.391 e. The SMILES string of the molecule is Cc1ccc(C2CNCC2O)s1. The molecule has 2 rings (SSSR count). The first kappa shape index (κ1) is 8.23. The molecule has 0 aromatic carbocycles. The molecule has 2 atom stereocenters. The van der Waals surface area contributed by atoms with E-state index in [0.29, 0.717) is 5.92 Å². The number of thiophene rings is 1. The summed E-state index contributed by atoms with van der Waals surface area (Å²) in [6, 6.07) is 4.24. The van der Waals surface area contributed by atoms with Crippen LogP contribution in [0.3, 0.4) is 0 Å². The van der Waals surface area contributed by atoms with Gasteiger partial charge in [0.15, 0.2) is 0 Å². The fourth-order valence-electron chi connectivity index (χ4n) is 1.61. The summed E-state index contributed by atoms with van der Waals surface area (Å²) in [6.07, 6.45) is -0.192. The monoisotopic (exact) mass is 183 g/mol. The van der Waals surface area contributed by atoms with Crippen LogP contribution < -0.4 is 5.32 Å². The van der Waals surface area contributed by atoms with Gasteiger partial charge in [-0.25, -0.2) is 0 Å². The summed E-state index contributed by atoms with van der Waals surface area (Å²) in [6.45, 7) is 3.76. The Balaban J connectivity index is 2.19. The molecule has 1 fully saturated rings. The zero-order valence-electron chi connectivity index (χ0n) is 7.08. The largest absolute Gasteiger partial charge is 0.391 e. The van der Waals surface area contributed by atoms with Crippen LogP contribution >= 0.6 is 11.3 Å². The molecule has 1 aliphatic heterocycles. The van der Waals surface area contributed by atoms with Gasteiger partial charge in [-0.05, 0) is 19.1 Å². The molecule has 66 valence electrons. The Morgan fingerprint density at radius 1 is 1.50 bits per heavy atom. The van der Waals surface area contributed by atoms with Crippen molar-refractivity contribution in [1.29, 1.82) is 0 Å². The minimum absolute atomic E-state index is 0.192. The highest BCUT2D eigenvalue weighted by Crippen LogP contribution is 2.28. The van der Waals surface area contributed by atoms with Crippen molar-refractivity contribution in [1.82, 2.24) is 5.32 Å².